The second kappa shape index (κ2) is 2.32. The van der Waals surface area contributed by atoms with Gasteiger partial charge in [0.05, 0.1) is 5.54 Å². The molecule has 1 heterocycles. The number of Topliss-reactive ketones (excluding diaryl/α,β-unsaturated/α-hetero) is 1. The quantitative estimate of drug-likeness (QED) is 0.620. The maximum atomic E-state index is 11.5. The summed E-state index contributed by atoms with van der Waals surface area (Å²) >= 11 is 0. The SMILES string of the molecule is CC(=O)C12CC1CCN2C(C)C. The number of nitrogens with zero attached hydrogens (tertiary/aromatic N) is 1. The molecule has 2 heteroatoms. The third-order valence-electron chi connectivity index (χ3n) is 3.54. The van der Waals surface area contributed by atoms with Crippen LogP contribution in [0.4, 0.5) is 0 Å². The number of hydrogen-bond acceptors (Lipinski definition) is 2. The predicted octanol–water partition coefficient (Wildman–Crippen LogP) is 1.45. The van der Waals surface area contributed by atoms with Crippen LogP contribution in [0, 0.1) is 5.92 Å². The maximum absolute atomic E-state index is 11.5. The number of rotatable bonds is 2. The summed E-state index contributed by atoms with van der Waals surface area (Å²) in [5.41, 5.74) is -0.00579. The van der Waals surface area contributed by atoms with Gasteiger partial charge in [0.15, 0.2) is 0 Å². The van der Waals surface area contributed by atoms with E-state index in [-0.39, 0.29) is 5.54 Å². The average Bonchev–Trinajstić information content (AvgIpc) is 2.58. The molecule has 2 nitrogen and oxygen atoms in total. The summed E-state index contributed by atoms with van der Waals surface area (Å²) in [5.74, 6) is 1.08. The van der Waals surface area contributed by atoms with E-state index in [4.69, 9.17) is 0 Å². The first kappa shape index (κ1) is 8.24. The van der Waals surface area contributed by atoms with Crippen LogP contribution in [0.25, 0.3) is 0 Å². The van der Waals surface area contributed by atoms with E-state index in [2.05, 4.69) is 18.7 Å². The van der Waals surface area contributed by atoms with Crippen LogP contribution in [0.5, 0.6) is 0 Å². The third-order valence-corrected chi connectivity index (χ3v) is 3.54. The molecule has 1 saturated carbocycles. The number of likely N-dealkylation sites (tertiary alicyclic amines) is 1. The minimum absolute atomic E-state index is 0.00579. The van der Waals surface area contributed by atoms with Gasteiger partial charge in [-0.15, -0.1) is 0 Å². The summed E-state index contributed by atoms with van der Waals surface area (Å²) in [6.07, 6.45) is 2.36. The molecule has 2 unspecified atom stereocenters. The standard InChI is InChI=1S/C10H17NO/c1-7(2)11-5-4-9-6-10(9,11)8(3)12/h7,9H,4-6H2,1-3H3. The lowest BCUT2D eigenvalue weighted by Crippen LogP contribution is -2.44. The fraction of sp³-hybridized carbons (Fsp3) is 0.900. The van der Waals surface area contributed by atoms with Gasteiger partial charge in [-0.25, -0.2) is 0 Å². The average molecular weight is 167 g/mol. The fourth-order valence-electron chi connectivity index (χ4n) is 2.86. The molecule has 2 rings (SSSR count). The van der Waals surface area contributed by atoms with Crippen LogP contribution < -0.4 is 0 Å². The van der Waals surface area contributed by atoms with E-state index >= 15 is 0 Å². The predicted molar refractivity (Wildman–Crippen MR) is 48.0 cm³/mol. The molecule has 12 heavy (non-hydrogen) atoms. The molecule has 2 atom stereocenters. The number of ketones is 1. The summed E-state index contributed by atoms with van der Waals surface area (Å²) in [6, 6.07) is 0.529. The minimum Gasteiger partial charge on any atom is -0.298 e. The van der Waals surface area contributed by atoms with Crippen molar-refractivity contribution < 1.29 is 4.79 Å². The minimum atomic E-state index is -0.00579. The van der Waals surface area contributed by atoms with E-state index in [0.29, 0.717) is 17.7 Å². The van der Waals surface area contributed by atoms with Crippen molar-refractivity contribution in [2.75, 3.05) is 6.54 Å². The fourth-order valence-corrected chi connectivity index (χ4v) is 2.86. The molecule has 0 aromatic carbocycles. The van der Waals surface area contributed by atoms with Crippen molar-refractivity contribution in [2.45, 2.75) is 45.2 Å². The van der Waals surface area contributed by atoms with Crippen molar-refractivity contribution in [3.05, 3.63) is 0 Å². The van der Waals surface area contributed by atoms with Gasteiger partial charge < -0.3 is 0 Å². The highest BCUT2D eigenvalue weighted by molar-refractivity contribution is 5.90. The Morgan fingerprint density at radius 2 is 2.25 bits per heavy atom. The second-order valence-electron chi connectivity index (χ2n) is 4.46. The Morgan fingerprint density at radius 1 is 1.58 bits per heavy atom. The zero-order valence-electron chi connectivity index (χ0n) is 8.13. The monoisotopic (exact) mass is 167 g/mol. The lowest BCUT2D eigenvalue weighted by atomic mass is 10.1. The zero-order valence-corrected chi connectivity index (χ0v) is 8.13. The molecular weight excluding hydrogens is 150 g/mol. The van der Waals surface area contributed by atoms with Crippen molar-refractivity contribution >= 4 is 5.78 Å². The number of carbonyl (C=O) groups excluding carboxylic acids is 1. The van der Waals surface area contributed by atoms with Gasteiger partial charge in [-0.3, -0.25) is 9.69 Å². The summed E-state index contributed by atoms with van der Waals surface area (Å²) in [5, 5.41) is 0. The topological polar surface area (TPSA) is 20.3 Å². The first-order valence-corrected chi connectivity index (χ1v) is 4.87. The Morgan fingerprint density at radius 3 is 2.58 bits per heavy atom. The number of hydrogen-bond donors (Lipinski definition) is 0. The Bertz CT molecular complexity index is 224. The van der Waals surface area contributed by atoms with Gasteiger partial charge in [-0.2, -0.15) is 0 Å². The van der Waals surface area contributed by atoms with Gasteiger partial charge in [0.1, 0.15) is 5.78 Å². The molecular formula is C10H17NO. The molecule has 1 aliphatic heterocycles. The van der Waals surface area contributed by atoms with E-state index in [1.165, 1.54) is 6.42 Å². The van der Waals surface area contributed by atoms with Crippen molar-refractivity contribution in [2.24, 2.45) is 5.92 Å². The molecule has 0 radical (unpaired) electrons. The molecule has 0 aromatic rings. The zero-order chi connectivity index (χ0) is 8.93. The number of piperidine rings is 1. The van der Waals surface area contributed by atoms with Crippen LogP contribution in [0.2, 0.25) is 0 Å². The first-order chi connectivity index (χ1) is 5.59. The van der Waals surface area contributed by atoms with Crippen LogP contribution in [0.1, 0.15) is 33.6 Å². The molecule has 0 amide bonds. The normalized spacial score (nSPS) is 40.2. The Hall–Kier alpha value is -0.370. The summed E-state index contributed by atoms with van der Waals surface area (Å²) in [7, 11) is 0. The van der Waals surface area contributed by atoms with Crippen molar-refractivity contribution in [3.8, 4) is 0 Å². The highest BCUT2D eigenvalue weighted by Gasteiger charge is 2.65. The summed E-state index contributed by atoms with van der Waals surface area (Å²) in [6.45, 7) is 7.25. The van der Waals surface area contributed by atoms with E-state index in [1.807, 2.05) is 0 Å². The van der Waals surface area contributed by atoms with Crippen LogP contribution in [0.15, 0.2) is 0 Å². The Kier molecular flexibility index (Phi) is 1.59. The molecule has 0 aromatic heterocycles. The van der Waals surface area contributed by atoms with E-state index in [0.717, 1.165) is 13.0 Å². The molecule has 0 N–H and O–H groups in total. The number of carbonyl (C=O) groups is 1. The van der Waals surface area contributed by atoms with Gasteiger partial charge >= 0.3 is 0 Å². The van der Waals surface area contributed by atoms with E-state index < -0.39 is 0 Å². The molecule has 1 aliphatic carbocycles. The second-order valence-corrected chi connectivity index (χ2v) is 4.46. The molecule has 0 spiro atoms. The summed E-state index contributed by atoms with van der Waals surface area (Å²) < 4.78 is 0. The lowest BCUT2D eigenvalue weighted by Gasteiger charge is -2.29. The van der Waals surface area contributed by atoms with Gasteiger partial charge in [0.2, 0.25) is 0 Å². The molecule has 2 fully saturated rings. The number of fused-ring (bicyclic) bond motifs is 1. The van der Waals surface area contributed by atoms with Gasteiger partial charge in [-0.05, 0) is 46.1 Å². The van der Waals surface area contributed by atoms with Crippen LogP contribution in [0.3, 0.4) is 0 Å². The van der Waals surface area contributed by atoms with Gasteiger partial charge in [-0.1, -0.05) is 0 Å². The van der Waals surface area contributed by atoms with Crippen LogP contribution >= 0.6 is 0 Å². The van der Waals surface area contributed by atoms with Crippen molar-refractivity contribution in [1.82, 2.24) is 4.90 Å². The Labute approximate surface area is 73.9 Å². The Balaban J connectivity index is 2.21. The van der Waals surface area contributed by atoms with Gasteiger partial charge in [0, 0.05) is 6.04 Å². The van der Waals surface area contributed by atoms with E-state index in [9.17, 15) is 4.79 Å². The maximum Gasteiger partial charge on any atom is 0.150 e. The smallest absolute Gasteiger partial charge is 0.150 e. The van der Waals surface area contributed by atoms with E-state index in [1.54, 1.807) is 6.92 Å². The van der Waals surface area contributed by atoms with Crippen LogP contribution in [-0.2, 0) is 4.79 Å². The lowest BCUT2D eigenvalue weighted by molar-refractivity contribution is -0.123. The largest absolute Gasteiger partial charge is 0.298 e. The van der Waals surface area contributed by atoms with Crippen LogP contribution in [-0.4, -0.2) is 28.8 Å². The molecule has 1 saturated heterocycles. The van der Waals surface area contributed by atoms with Crippen molar-refractivity contribution in [1.29, 1.82) is 0 Å². The first-order valence-electron chi connectivity index (χ1n) is 4.87. The third kappa shape index (κ3) is 0.817. The summed E-state index contributed by atoms with van der Waals surface area (Å²) in [4.78, 5) is 13.9. The highest BCUT2D eigenvalue weighted by Crippen LogP contribution is 2.56. The van der Waals surface area contributed by atoms with Gasteiger partial charge in [0.25, 0.3) is 0 Å². The molecule has 0 bridgehead atoms. The molecule has 2 aliphatic rings. The highest BCUT2D eigenvalue weighted by atomic mass is 16.1. The molecule has 68 valence electrons. The van der Waals surface area contributed by atoms with Crippen molar-refractivity contribution in [3.63, 3.8) is 0 Å².